The molecule has 46 valence electrons. The number of carbonyl (C=O) groups is 1. The summed E-state index contributed by atoms with van der Waals surface area (Å²) in [7, 11) is 0. The maximum absolute atomic E-state index is 10.4. The first kappa shape index (κ1) is 10.0. The van der Waals surface area contributed by atoms with Gasteiger partial charge in [-0.25, -0.2) is 0 Å². The normalized spacial score (nSPS) is 9.57. The van der Waals surface area contributed by atoms with Crippen LogP contribution in [-0.2, 0) is 21.3 Å². The summed E-state index contributed by atoms with van der Waals surface area (Å²) in [6, 6.07) is 0. The minimum atomic E-state index is -4.64. The number of hydrogen-bond donors (Lipinski definition) is 0. The van der Waals surface area contributed by atoms with E-state index in [2.05, 4.69) is 0 Å². The summed E-state index contributed by atoms with van der Waals surface area (Å²) in [5, 5.41) is 0. The monoisotopic (exact) mass is 156 g/mol. The van der Waals surface area contributed by atoms with Gasteiger partial charge in [0.2, 0.25) is 6.29 Å². The van der Waals surface area contributed by atoms with Crippen LogP contribution in [-0.4, -0.2) is 12.5 Å². The number of carbonyl (C=O) groups excluding carboxylic acids is 1. The van der Waals surface area contributed by atoms with Crippen molar-refractivity contribution in [2.24, 2.45) is 0 Å². The smallest absolute Gasteiger partial charge is 0.293 e. The zero-order valence-corrected chi connectivity index (χ0v) is 3.92. The molecule has 0 aliphatic heterocycles. The van der Waals surface area contributed by atoms with E-state index in [1.807, 2.05) is 0 Å². The molecule has 0 aromatic heterocycles. The number of alkyl halides is 3. The van der Waals surface area contributed by atoms with E-state index >= 15 is 0 Å². The van der Waals surface area contributed by atoms with E-state index in [1.165, 1.54) is 0 Å². The second kappa shape index (κ2) is 3.02. The van der Waals surface area contributed by atoms with E-state index in [0.29, 0.717) is 0 Å². The molecule has 0 heterocycles. The molecule has 0 amide bonds. The van der Waals surface area contributed by atoms with Gasteiger partial charge in [0.05, 0.1) is 0 Å². The summed E-state index contributed by atoms with van der Waals surface area (Å²) in [6.45, 7) is 0. The van der Waals surface area contributed by atoms with E-state index < -0.39 is 12.5 Å². The van der Waals surface area contributed by atoms with Crippen LogP contribution >= 0.6 is 0 Å². The minimum Gasteiger partial charge on any atom is -0.293 e. The standard InChI is InChI=1S/C2HF3O.Ni/c3-2(4,5)1-6;/h1H;. The maximum atomic E-state index is 10.4. The Labute approximate surface area is 47.8 Å². The van der Waals surface area contributed by atoms with Crippen LogP contribution < -0.4 is 0 Å². The topological polar surface area (TPSA) is 17.1 Å². The van der Waals surface area contributed by atoms with Gasteiger partial charge in [0.15, 0.2) is 0 Å². The van der Waals surface area contributed by atoms with E-state index in [9.17, 15) is 13.2 Å². The summed E-state index contributed by atoms with van der Waals surface area (Å²) in [6.07, 6.45) is -5.70. The zero-order valence-electron chi connectivity index (χ0n) is 2.94. The third-order valence-electron chi connectivity index (χ3n) is 0.134. The summed E-state index contributed by atoms with van der Waals surface area (Å²) in [5.41, 5.74) is 0. The van der Waals surface area contributed by atoms with Crippen molar-refractivity contribution in [3.05, 3.63) is 0 Å². The van der Waals surface area contributed by atoms with Crippen LogP contribution in [0.2, 0.25) is 0 Å². The third-order valence-corrected chi connectivity index (χ3v) is 0.134. The molecule has 0 spiro atoms. The fourth-order valence-corrected chi connectivity index (χ4v) is 0. The minimum absolute atomic E-state index is 0. The van der Waals surface area contributed by atoms with Crippen molar-refractivity contribution >= 4 is 6.29 Å². The van der Waals surface area contributed by atoms with Crippen molar-refractivity contribution in [1.29, 1.82) is 0 Å². The van der Waals surface area contributed by atoms with Crippen molar-refractivity contribution in [2.45, 2.75) is 6.18 Å². The van der Waals surface area contributed by atoms with Crippen LogP contribution in [0.1, 0.15) is 0 Å². The van der Waals surface area contributed by atoms with Gasteiger partial charge in [0, 0.05) is 16.5 Å². The molecule has 0 rings (SSSR count). The molecule has 0 unspecified atom stereocenters. The second-order valence-electron chi connectivity index (χ2n) is 0.659. The Bertz CT molecular complexity index is 58.4. The van der Waals surface area contributed by atoms with Crippen molar-refractivity contribution in [1.82, 2.24) is 0 Å². The van der Waals surface area contributed by atoms with Gasteiger partial charge in [-0.3, -0.25) is 4.79 Å². The maximum Gasteiger partial charge on any atom is 0.446 e. The van der Waals surface area contributed by atoms with E-state index in [-0.39, 0.29) is 16.5 Å². The molecule has 0 aromatic carbocycles. The molecule has 0 atom stereocenters. The summed E-state index contributed by atoms with van der Waals surface area (Å²) in [4.78, 5) is 8.70. The molecule has 0 N–H and O–H groups in total. The van der Waals surface area contributed by atoms with Crippen LogP contribution in [0.3, 0.4) is 0 Å². The number of aldehydes is 1. The molecule has 5 heteroatoms. The molecule has 0 aromatic rings. The van der Waals surface area contributed by atoms with Gasteiger partial charge in [-0.15, -0.1) is 0 Å². The van der Waals surface area contributed by atoms with Crippen molar-refractivity contribution < 1.29 is 34.5 Å². The molecule has 0 bridgehead atoms. The zero-order chi connectivity index (χ0) is 5.21. The SMILES string of the molecule is O=CC(F)(F)F.[Ni]. The Morgan fingerprint density at radius 3 is 1.43 bits per heavy atom. The summed E-state index contributed by atoms with van der Waals surface area (Å²) in [5.74, 6) is 0. The first-order chi connectivity index (χ1) is 2.56. The van der Waals surface area contributed by atoms with Crippen molar-refractivity contribution in [3.8, 4) is 0 Å². The molecule has 1 nitrogen and oxygen atoms in total. The number of rotatable bonds is 0. The predicted octanol–water partition coefficient (Wildman–Crippen LogP) is 0.745. The largest absolute Gasteiger partial charge is 0.446 e. The van der Waals surface area contributed by atoms with Gasteiger partial charge < -0.3 is 0 Å². The molecule has 0 saturated heterocycles. The molecule has 0 saturated carbocycles. The quantitative estimate of drug-likeness (QED) is 0.374. The van der Waals surface area contributed by atoms with E-state index in [1.54, 1.807) is 0 Å². The molecule has 0 aliphatic carbocycles. The van der Waals surface area contributed by atoms with Crippen LogP contribution in [0.25, 0.3) is 0 Å². The van der Waals surface area contributed by atoms with Gasteiger partial charge in [-0.1, -0.05) is 0 Å². The average Bonchev–Trinajstić information content (AvgIpc) is 1.35. The van der Waals surface area contributed by atoms with Crippen LogP contribution in [0.5, 0.6) is 0 Å². The van der Waals surface area contributed by atoms with Gasteiger partial charge in [0.25, 0.3) is 0 Å². The average molecular weight is 157 g/mol. The molecule has 0 aliphatic rings. The van der Waals surface area contributed by atoms with E-state index in [4.69, 9.17) is 4.79 Å². The van der Waals surface area contributed by atoms with Crippen LogP contribution in [0.4, 0.5) is 13.2 Å². The summed E-state index contributed by atoms with van der Waals surface area (Å²) >= 11 is 0. The Morgan fingerprint density at radius 2 is 1.43 bits per heavy atom. The van der Waals surface area contributed by atoms with Gasteiger partial charge in [-0.2, -0.15) is 13.2 Å². The summed E-state index contributed by atoms with van der Waals surface area (Å²) < 4.78 is 31.2. The first-order valence-electron chi connectivity index (χ1n) is 1.09. The Hall–Kier alpha value is -0.0465. The van der Waals surface area contributed by atoms with Crippen LogP contribution in [0, 0.1) is 0 Å². The third kappa shape index (κ3) is 10.7. The van der Waals surface area contributed by atoms with Gasteiger partial charge in [-0.05, 0) is 0 Å². The fraction of sp³-hybridized carbons (Fsp3) is 0.500. The molecular formula is C2HF3NiO. The van der Waals surface area contributed by atoms with Gasteiger partial charge >= 0.3 is 6.18 Å². The first-order valence-corrected chi connectivity index (χ1v) is 1.09. The van der Waals surface area contributed by atoms with E-state index in [0.717, 1.165) is 0 Å². The molecule has 7 heavy (non-hydrogen) atoms. The Balaban J connectivity index is 0. The molecule has 0 radical (unpaired) electrons. The fourth-order valence-electron chi connectivity index (χ4n) is 0. The number of hydrogen-bond acceptors (Lipinski definition) is 1. The Kier molecular flexibility index (Phi) is 4.34. The molecule has 0 fully saturated rings. The predicted molar refractivity (Wildman–Crippen MR) is 12.1 cm³/mol. The number of halogens is 3. The second-order valence-corrected chi connectivity index (χ2v) is 0.659. The molecular weight excluding hydrogens is 156 g/mol. The van der Waals surface area contributed by atoms with Gasteiger partial charge in [0.1, 0.15) is 0 Å². The van der Waals surface area contributed by atoms with Crippen LogP contribution in [0.15, 0.2) is 0 Å². The Morgan fingerprint density at radius 1 is 1.29 bits per heavy atom. The van der Waals surface area contributed by atoms with Crippen molar-refractivity contribution in [2.75, 3.05) is 0 Å². The van der Waals surface area contributed by atoms with Crippen molar-refractivity contribution in [3.63, 3.8) is 0 Å².